The van der Waals surface area contributed by atoms with Crippen LogP contribution < -0.4 is 0 Å². The summed E-state index contributed by atoms with van der Waals surface area (Å²) in [4.78, 5) is 0. The van der Waals surface area contributed by atoms with Gasteiger partial charge in [-0.25, -0.2) is 0 Å². The molecule has 0 spiro atoms. The van der Waals surface area contributed by atoms with Gasteiger partial charge in [0.2, 0.25) is 0 Å². The van der Waals surface area contributed by atoms with Crippen molar-refractivity contribution in [1.29, 1.82) is 0 Å². The van der Waals surface area contributed by atoms with Gasteiger partial charge in [0.25, 0.3) is 0 Å². The highest BCUT2D eigenvalue weighted by molar-refractivity contribution is 6.30. The fourth-order valence-electron chi connectivity index (χ4n) is 2.79. The molecular formula is C20H23ClO. The monoisotopic (exact) mass is 314 g/mol. The molecule has 1 nitrogen and oxygen atoms in total. The van der Waals surface area contributed by atoms with Crippen molar-refractivity contribution in [2.24, 2.45) is 0 Å². The third-order valence-electron chi connectivity index (χ3n) is 4.22. The van der Waals surface area contributed by atoms with Crippen LogP contribution in [0.15, 0.2) is 34.7 Å². The molecular weight excluding hydrogens is 292 g/mol. The lowest BCUT2D eigenvalue weighted by Crippen LogP contribution is -2.17. The second kappa shape index (κ2) is 7.07. The standard InChI is InChI=1S/C20H23ClO/c1-5-7-19-14-16(15(2)22-19)8-6-13-20(3,4)17-9-11-18(21)12-10-17/h1,9-12,14H,6-8,13H2,2-4H3. The van der Waals surface area contributed by atoms with Crippen LogP contribution in [0.25, 0.3) is 0 Å². The second-order valence-electron chi connectivity index (χ2n) is 6.42. The zero-order valence-electron chi connectivity index (χ0n) is 13.6. The largest absolute Gasteiger partial charge is 0.465 e. The maximum atomic E-state index is 5.97. The number of aryl methyl sites for hydroxylation is 2. The van der Waals surface area contributed by atoms with Crippen LogP contribution in [0.5, 0.6) is 0 Å². The SMILES string of the molecule is C#CCc1cc(CCCC(C)(C)c2ccc(Cl)cc2)c(C)o1. The van der Waals surface area contributed by atoms with Gasteiger partial charge in [0.1, 0.15) is 11.5 Å². The molecule has 0 N–H and O–H groups in total. The summed E-state index contributed by atoms with van der Waals surface area (Å²) >= 11 is 5.97. The molecule has 1 aromatic heterocycles. The van der Waals surface area contributed by atoms with Gasteiger partial charge >= 0.3 is 0 Å². The van der Waals surface area contributed by atoms with E-state index in [1.54, 1.807) is 0 Å². The van der Waals surface area contributed by atoms with Crippen molar-refractivity contribution in [2.45, 2.75) is 51.9 Å². The summed E-state index contributed by atoms with van der Waals surface area (Å²) in [6, 6.07) is 10.3. The minimum absolute atomic E-state index is 0.143. The normalized spacial score (nSPS) is 11.4. The van der Waals surface area contributed by atoms with Gasteiger partial charge in [-0.05, 0) is 60.9 Å². The molecule has 0 saturated heterocycles. The molecule has 1 heterocycles. The number of halogens is 1. The Morgan fingerprint density at radius 2 is 1.91 bits per heavy atom. The quantitative estimate of drug-likeness (QED) is 0.622. The minimum Gasteiger partial charge on any atom is -0.465 e. The summed E-state index contributed by atoms with van der Waals surface area (Å²) in [6.45, 7) is 6.57. The number of hydrogen-bond acceptors (Lipinski definition) is 1. The summed E-state index contributed by atoms with van der Waals surface area (Å²) in [7, 11) is 0. The smallest absolute Gasteiger partial charge is 0.116 e. The molecule has 0 aliphatic rings. The van der Waals surface area contributed by atoms with Crippen LogP contribution in [0.2, 0.25) is 5.02 Å². The Morgan fingerprint density at radius 3 is 2.55 bits per heavy atom. The molecule has 0 saturated carbocycles. The van der Waals surface area contributed by atoms with Crippen LogP contribution in [-0.4, -0.2) is 0 Å². The van der Waals surface area contributed by atoms with Gasteiger partial charge in [0.15, 0.2) is 0 Å². The highest BCUT2D eigenvalue weighted by Gasteiger charge is 2.20. The van der Waals surface area contributed by atoms with Gasteiger partial charge < -0.3 is 4.42 Å². The summed E-state index contributed by atoms with van der Waals surface area (Å²) in [5.74, 6) is 4.52. The summed E-state index contributed by atoms with van der Waals surface area (Å²) in [5.41, 5.74) is 2.75. The van der Waals surface area contributed by atoms with Gasteiger partial charge in [-0.15, -0.1) is 6.42 Å². The fourth-order valence-corrected chi connectivity index (χ4v) is 2.92. The summed E-state index contributed by atoms with van der Waals surface area (Å²) < 4.78 is 5.68. The van der Waals surface area contributed by atoms with E-state index in [-0.39, 0.29) is 5.41 Å². The number of furan rings is 1. The lowest BCUT2D eigenvalue weighted by molar-refractivity contribution is 0.457. The molecule has 0 aliphatic carbocycles. The van der Waals surface area contributed by atoms with Gasteiger partial charge in [-0.1, -0.05) is 43.5 Å². The topological polar surface area (TPSA) is 13.1 Å². The van der Waals surface area contributed by atoms with E-state index in [1.165, 1.54) is 11.1 Å². The number of benzene rings is 1. The Bertz CT molecular complexity index is 656. The lowest BCUT2D eigenvalue weighted by atomic mass is 9.80. The molecule has 0 bridgehead atoms. The predicted molar refractivity (Wildman–Crippen MR) is 93.4 cm³/mol. The summed E-state index contributed by atoms with van der Waals surface area (Å²) in [5, 5.41) is 0.787. The van der Waals surface area contributed by atoms with Crippen molar-refractivity contribution < 1.29 is 4.42 Å². The van der Waals surface area contributed by atoms with Gasteiger partial charge in [-0.3, -0.25) is 0 Å². The van der Waals surface area contributed by atoms with Gasteiger partial charge in [0.05, 0.1) is 6.42 Å². The van der Waals surface area contributed by atoms with Crippen LogP contribution in [0.4, 0.5) is 0 Å². The van der Waals surface area contributed by atoms with Crippen molar-refractivity contribution in [3.05, 3.63) is 58.0 Å². The molecule has 0 radical (unpaired) electrons. The Hall–Kier alpha value is -1.65. The van der Waals surface area contributed by atoms with E-state index in [1.807, 2.05) is 19.1 Å². The van der Waals surface area contributed by atoms with Crippen molar-refractivity contribution in [2.75, 3.05) is 0 Å². The zero-order chi connectivity index (χ0) is 16.2. The zero-order valence-corrected chi connectivity index (χ0v) is 14.3. The number of terminal acetylenes is 1. The Kier molecular flexibility index (Phi) is 5.37. The Morgan fingerprint density at radius 1 is 1.23 bits per heavy atom. The van der Waals surface area contributed by atoms with Crippen molar-refractivity contribution in [3.63, 3.8) is 0 Å². The van der Waals surface area contributed by atoms with E-state index in [2.05, 4.69) is 38.0 Å². The molecule has 0 aliphatic heterocycles. The lowest BCUT2D eigenvalue weighted by Gasteiger charge is -2.25. The molecule has 2 heteroatoms. The van der Waals surface area contributed by atoms with Crippen LogP contribution in [0.3, 0.4) is 0 Å². The first kappa shape index (κ1) is 16.7. The van der Waals surface area contributed by atoms with Gasteiger partial charge in [0, 0.05) is 5.02 Å². The third kappa shape index (κ3) is 4.18. The van der Waals surface area contributed by atoms with Crippen LogP contribution >= 0.6 is 11.6 Å². The van der Waals surface area contributed by atoms with Crippen LogP contribution in [0, 0.1) is 19.3 Å². The molecule has 0 amide bonds. The molecule has 0 fully saturated rings. The van der Waals surface area contributed by atoms with Crippen LogP contribution in [-0.2, 0) is 18.3 Å². The molecule has 116 valence electrons. The molecule has 1 aromatic carbocycles. The molecule has 2 aromatic rings. The van der Waals surface area contributed by atoms with E-state index in [0.29, 0.717) is 6.42 Å². The van der Waals surface area contributed by atoms with E-state index in [0.717, 1.165) is 35.8 Å². The first-order chi connectivity index (χ1) is 10.4. The van der Waals surface area contributed by atoms with E-state index >= 15 is 0 Å². The highest BCUT2D eigenvalue weighted by atomic mass is 35.5. The number of hydrogen-bond donors (Lipinski definition) is 0. The number of rotatable bonds is 6. The van der Waals surface area contributed by atoms with Crippen molar-refractivity contribution in [3.8, 4) is 12.3 Å². The summed E-state index contributed by atoms with van der Waals surface area (Å²) in [6.07, 6.45) is 9.16. The maximum Gasteiger partial charge on any atom is 0.116 e. The van der Waals surface area contributed by atoms with E-state index < -0.39 is 0 Å². The van der Waals surface area contributed by atoms with Crippen LogP contribution in [0.1, 0.15) is 49.3 Å². The van der Waals surface area contributed by atoms with E-state index in [9.17, 15) is 0 Å². The third-order valence-corrected chi connectivity index (χ3v) is 4.47. The van der Waals surface area contributed by atoms with Crippen molar-refractivity contribution in [1.82, 2.24) is 0 Å². The first-order valence-corrected chi connectivity index (χ1v) is 8.08. The highest BCUT2D eigenvalue weighted by Crippen LogP contribution is 2.30. The molecule has 22 heavy (non-hydrogen) atoms. The average molecular weight is 315 g/mol. The predicted octanol–water partition coefficient (Wildman–Crippen LogP) is 5.72. The Labute approximate surface area is 138 Å². The van der Waals surface area contributed by atoms with E-state index in [4.69, 9.17) is 22.4 Å². The Balaban J connectivity index is 1.95. The first-order valence-electron chi connectivity index (χ1n) is 7.70. The average Bonchev–Trinajstić information content (AvgIpc) is 2.80. The molecule has 2 rings (SSSR count). The minimum atomic E-state index is 0.143. The fraction of sp³-hybridized carbons (Fsp3) is 0.400. The van der Waals surface area contributed by atoms with Crippen molar-refractivity contribution >= 4 is 11.6 Å². The van der Waals surface area contributed by atoms with Gasteiger partial charge in [-0.2, -0.15) is 0 Å². The second-order valence-corrected chi connectivity index (χ2v) is 6.86. The molecule has 0 unspecified atom stereocenters. The maximum absolute atomic E-state index is 5.97. The molecule has 0 atom stereocenters.